The van der Waals surface area contributed by atoms with Gasteiger partial charge in [-0.3, -0.25) is 14.2 Å². The monoisotopic (exact) mass is 430 g/mol. The van der Waals surface area contributed by atoms with E-state index in [1.54, 1.807) is 10.6 Å². The van der Waals surface area contributed by atoms with E-state index in [-0.39, 0.29) is 29.7 Å². The third kappa shape index (κ3) is 4.70. The molecule has 156 valence electrons. The molecule has 0 aliphatic carbocycles. The smallest absolute Gasteiger partial charge is 0.307 e. The highest BCUT2D eigenvalue weighted by molar-refractivity contribution is 7.99. The topological polar surface area (TPSA) is 61.2 Å². The molecule has 5 nitrogen and oxygen atoms in total. The van der Waals surface area contributed by atoms with E-state index in [9.17, 15) is 9.59 Å². The van der Waals surface area contributed by atoms with Crippen LogP contribution in [0.4, 0.5) is 0 Å². The number of esters is 1. The quantitative estimate of drug-likeness (QED) is 0.238. The SMILES string of the molecule is COC(=O)CCn1c(SC(c2ccccc2)c2ccccc2)nc2ccccc2c1=O. The summed E-state index contributed by atoms with van der Waals surface area (Å²) in [4.78, 5) is 29.8. The van der Waals surface area contributed by atoms with Crippen LogP contribution in [0.5, 0.6) is 0 Å². The molecular weight excluding hydrogens is 408 g/mol. The van der Waals surface area contributed by atoms with Gasteiger partial charge in [0.25, 0.3) is 5.56 Å². The van der Waals surface area contributed by atoms with Crippen molar-refractivity contribution < 1.29 is 9.53 Å². The number of methoxy groups -OCH3 is 1. The second kappa shape index (κ2) is 9.62. The second-order valence-electron chi connectivity index (χ2n) is 7.01. The molecule has 0 N–H and O–H groups in total. The Kier molecular flexibility index (Phi) is 6.48. The molecule has 0 aliphatic rings. The standard InChI is InChI=1S/C25H22N2O3S/c1-30-22(28)16-17-27-24(29)20-14-8-9-15-21(20)26-25(27)31-23(18-10-4-2-5-11-18)19-12-6-3-7-13-19/h2-15,23H,16-17H2,1H3. The van der Waals surface area contributed by atoms with Crippen LogP contribution < -0.4 is 5.56 Å². The Labute approximate surface area is 184 Å². The number of rotatable bonds is 7. The van der Waals surface area contributed by atoms with Gasteiger partial charge in [0.1, 0.15) is 0 Å². The molecule has 0 fully saturated rings. The molecule has 0 atom stereocenters. The Morgan fingerprint density at radius 3 is 2.13 bits per heavy atom. The molecule has 0 radical (unpaired) electrons. The number of hydrogen-bond acceptors (Lipinski definition) is 5. The van der Waals surface area contributed by atoms with Crippen LogP contribution in [-0.4, -0.2) is 22.6 Å². The van der Waals surface area contributed by atoms with E-state index >= 15 is 0 Å². The van der Waals surface area contributed by atoms with Gasteiger partial charge in [-0.05, 0) is 23.3 Å². The summed E-state index contributed by atoms with van der Waals surface area (Å²) >= 11 is 1.51. The number of ether oxygens (including phenoxy) is 1. The van der Waals surface area contributed by atoms with Crippen LogP contribution in [0, 0.1) is 0 Å². The van der Waals surface area contributed by atoms with Gasteiger partial charge in [0.15, 0.2) is 5.16 Å². The number of carbonyl (C=O) groups is 1. The lowest BCUT2D eigenvalue weighted by Gasteiger charge is -2.20. The number of aromatic nitrogens is 2. The van der Waals surface area contributed by atoms with Gasteiger partial charge in [-0.15, -0.1) is 0 Å². The normalized spacial score (nSPS) is 11.0. The molecule has 3 aromatic carbocycles. The molecule has 4 rings (SSSR count). The third-order valence-corrected chi connectivity index (χ3v) is 6.32. The van der Waals surface area contributed by atoms with E-state index in [1.165, 1.54) is 18.9 Å². The van der Waals surface area contributed by atoms with E-state index in [0.29, 0.717) is 16.1 Å². The van der Waals surface area contributed by atoms with Gasteiger partial charge < -0.3 is 4.74 Å². The zero-order valence-corrected chi connectivity index (χ0v) is 17.9. The minimum Gasteiger partial charge on any atom is -0.469 e. The number of benzene rings is 3. The lowest BCUT2D eigenvalue weighted by atomic mass is 10.0. The number of nitrogens with zero attached hydrogens (tertiary/aromatic N) is 2. The Hall–Kier alpha value is -3.38. The molecule has 31 heavy (non-hydrogen) atoms. The summed E-state index contributed by atoms with van der Waals surface area (Å²) in [6.07, 6.45) is 0.103. The Morgan fingerprint density at radius 1 is 0.935 bits per heavy atom. The van der Waals surface area contributed by atoms with Gasteiger partial charge in [0.2, 0.25) is 0 Å². The first kappa shape index (κ1) is 20.9. The van der Waals surface area contributed by atoms with Gasteiger partial charge in [0.05, 0.1) is 29.7 Å². The summed E-state index contributed by atoms with van der Waals surface area (Å²) in [5.41, 5.74) is 2.71. The number of fused-ring (bicyclic) bond motifs is 1. The first-order valence-corrected chi connectivity index (χ1v) is 10.9. The van der Waals surface area contributed by atoms with Crippen LogP contribution in [0.2, 0.25) is 0 Å². The molecule has 1 aromatic heterocycles. The van der Waals surface area contributed by atoms with Crippen LogP contribution in [-0.2, 0) is 16.1 Å². The summed E-state index contributed by atoms with van der Waals surface area (Å²) in [5, 5.41) is 1.05. The van der Waals surface area contributed by atoms with Gasteiger partial charge >= 0.3 is 5.97 Å². The summed E-state index contributed by atoms with van der Waals surface area (Å²) in [5.74, 6) is -0.362. The molecule has 0 spiro atoms. The van der Waals surface area contributed by atoms with E-state index in [0.717, 1.165) is 11.1 Å². The summed E-state index contributed by atoms with van der Waals surface area (Å²) in [6.45, 7) is 0.210. The van der Waals surface area contributed by atoms with Crippen molar-refractivity contribution in [1.82, 2.24) is 9.55 Å². The molecule has 4 aromatic rings. The highest BCUT2D eigenvalue weighted by Gasteiger charge is 2.20. The minimum absolute atomic E-state index is 0.0557. The molecule has 0 saturated heterocycles. The molecule has 6 heteroatoms. The van der Waals surface area contributed by atoms with Crippen LogP contribution in [0.15, 0.2) is 94.9 Å². The number of para-hydroxylation sites is 1. The lowest BCUT2D eigenvalue weighted by Crippen LogP contribution is -2.25. The van der Waals surface area contributed by atoms with Crippen molar-refractivity contribution in [2.45, 2.75) is 23.4 Å². The van der Waals surface area contributed by atoms with Crippen LogP contribution in [0.25, 0.3) is 10.9 Å². The van der Waals surface area contributed by atoms with Crippen LogP contribution >= 0.6 is 11.8 Å². The predicted octanol–water partition coefficient (Wildman–Crippen LogP) is 4.84. The number of hydrogen-bond donors (Lipinski definition) is 0. The maximum atomic E-state index is 13.3. The molecule has 1 heterocycles. The number of carbonyl (C=O) groups excluding carboxylic acids is 1. The highest BCUT2D eigenvalue weighted by Crippen LogP contribution is 2.39. The largest absolute Gasteiger partial charge is 0.469 e. The maximum absolute atomic E-state index is 13.3. The van der Waals surface area contributed by atoms with E-state index in [2.05, 4.69) is 24.3 Å². The second-order valence-corrected chi connectivity index (χ2v) is 8.09. The van der Waals surface area contributed by atoms with Crippen LogP contribution in [0.3, 0.4) is 0 Å². The lowest BCUT2D eigenvalue weighted by molar-refractivity contribution is -0.140. The van der Waals surface area contributed by atoms with Crippen molar-refractivity contribution >= 4 is 28.6 Å². The van der Waals surface area contributed by atoms with Crippen molar-refractivity contribution in [3.05, 3.63) is 106 Å². The fraction of sp³-hybridized carbons (Fsp3) is 0.160. The molecule has 0 aliphatic heterocycles. The Morgan fingerprint density at radius 2 is 1.52 bits per heavy atom. The summed E-state index contributed by atoms with van der Waals surface area (Å²) in [6, 6.07) is 27.6. The fourth-order valence-corrected chi connectivity index (χ4v) is 4.68. The van der Waals surface area contributed by atoms with Crippen molar-refractivity contribution in [2.24, 2.45) is 0 Å². The van der Waals surface area contributed by atoms with Gasteiger partial charge in [0, 0.05) is 6.54 Å². The van der Waals surface area contributed by atoms with Crippen molar-refractivity contribution in [3.63, 3.8) is 0 Å². The first-order chi connectivity index (χ1) is 15.2. The Bertz CT molecular complexity index is 1200. The maximum Gasteiger partial charge on any atom is 0.307 e. The summed E-state index contributed by atoms with van der Waals surface area (Å²) < 4.78 is 6.36. The number of thioether (sulfide) groups is 1. The van der Waals surface area contributed by atoms with E-state index in [1.807, 2.05) is 54.6 Å². The highest BCUT2D eigenvalue weighted by atomic mass is 32.2. The Balaban J connectivity index is 1.82. The minimum atomic E-state index is -0.362. The molecule has 0 saturated carbocycles. The van der Waals surface area contributed by atoms with Crippen molar-refractivity contribution in [1.29, 1.82) is 0 Å². The molecule has 0 unspecified atom stereocenters. The first-order valence-electron chi connectivity index (χ1n) is 10.0. The summed E-state index contributed by atoms with van der Waals surface area (Å²) in [7, 11) is 1.35. The average Bonchev–Trinajstić information content (AvgIpc) is 2.83. The molecular formula is C25H22N2O3S. The van der Waals surface area contributed by atoms with E-state index in [4.69, 9.17) is 9.72 Å². The molecule has 0 amide bonds. The van der Waals surface area contributed by atoms with Gasteiger partial charge in [-0.2, -0.15) is 0 Å². The van der Waals surface area contributed by atoms with E-state index < -0.39 is 0 Å². The third-order valence-electron chi connectivity index (χ3n) is 5.02. The van der Waals surface area contributed by atoms with Crippen molar-refractivity contribution in [2.75, 3.05) is 7.11 Å². The average molecular weight is 431 g/mol. The van der Waals surface area contributed by atoms with Crippen molar-refractivity contribution in [3.8, 4) is 0 Å². The van der Waals surface area contributed by atoms with Crippen LogP contribution in [0.1, 0.15) is 22.8 Å². The predicted molar refractivity (Wildman–Crippen MR) is 123 cm³/mol. The zero-order chi connectivity index (χ0) is 21.6. The zero-order valence-electron chi connectivity index (χ0n) is 17.1. The van der Waals surface area contributed by atoms with Gasteiger partial charge in [-0.1, -0.05) is 84.6 Å². The van der Waals surface area contributed by atoms with Gasteiger partial charge in [-0.25, -0.2) is 4.98 Å². The molecule has 0 bridgehead atoms. The fourth-order valence-electron chi connectivity index (χ4n) is 3.43.